The summed E-state index contributed by atoms with van der Waals surface area (Å²) in [6.07, 6.45) is 0. The number of hydrogen-bond acceptors (Lipinski definition) is 4. The lowest BCUT2D eigenvalue weighted by Gasteiger charge is -2.14. The number of aromatic hydroxyl groups is 1. The number of rotatable bonds is 5. The Kier molecular flexibility index (Phi) is 4.93. The van der Waals surface area contributed by atoms with Crippen molar-refractivity contribution < 1.29 is 9.84 Å². The third kappa shape index (κ3) is 3.92. The molecule has 106 valence electrons. The van der Waals surface area contributed by atoms with Gasteiger partial charge in [0.15, 0.2) is 0 Å². The molecule has 0 unspecified atom stereocenters. The van der Waals surface area contributed by atoms with Gasteiger partial charge in [-0.2, -0.15) is 0 Å². The smallest absolute Gasteiger partial charge is 0.119 e. The highest BCUT2D eigenvalue weighted by Crippen LogP contribution is 2.34. The van der Waals surface area contributed by atoms with Gasteiger partial charge in [0.2, 0.25) is 0 Å². The van der Waals surface area contributed by atoms with Crippen molar-refractivity contribution in [3.05, 3.63) is 48.0 Å². The van der Waals surface area contributed by atoms with E-state index in [1.165, 1.54) is 5.56 Å². The minimum atomic E-state index is 0.290. The Hall–Kier alpha value is -1.65. The molecular weight excluding hydrogens is 270 g/mol. The number of benzene rings is 2. The molecule has 0 aromatic heterocycles. The Balaban J connectivity index is 2.28. The zero-order valence-corrected chi connectivity index (χ0v) is 12.8. The maximum absolute atomic E-state index is 9.70. The second-order valence-electron chi connectivity index (χ2n) is 4.81. The van der Waals surface area contributed by atoms with E-state index in [2.05, 4.69) is 4.90 Å². The Bertz CT molecular complexity index is 584. The second-order valence-corrected chi connectivity index (χ2v) is 5.93. The van der Waals surface area contributed by atoms with E-state index in [4.69, 9.17) is 4.74 Å². The molecule has 20 heavy (non-hydrogen) atoms. The molecule has 0 radical (unpaired) electrons. The summed E-state index contributed by atoms with van der Waals surface area (Å²) in [6, 6.07) is 13.4. The van der Waals surface area contributed by atoms with Crippen molar-refractivity contribution in [3.8, 4) is 11.5 Å². The van der Waals surface area contributed by atoms with E-state index in [1.807, 2.05) is 50.5 Å². The highest BCUT2D eigenvalue weighted by molar-refractivity contribution is 7.99. The van der Waals surface area contributed by atoms with Crippen molar-refractivity contribution in [2.75, 3.05) is 21.2 Å². The van der Waals surface area contributed by atoms with Gasteiger partial charge in [-0.1, -0.05) is 23.9 Å². The molecule has 4 heteroatoms. The van der Waals surface area contributed by atoms with Crippen molar-refractivity contribution in [1.82, 2.24) is 4.90 Å². The molecule has 3 nitrogen and oxygen atoms in total. The molecule has 0 aliphatic heterocycles. The lowest BCUT2D eigenvalue weighted by atomic mass is 10.2. The van der Waals surface area contributed by atoms with Crippen LogP contribution in [0.25, 0.3) is 0 Å². The van der Waals surface area contributed by atoms with Gasteiger partial charge in [0, 0.05) is 16.3 Å². The number of phenols is 1. The largest absolute Gasteiger partial charge is 0.508 e. The highest BCUT2D eigenvalue weighted by atomic mass is 32.2. The van der Waals surface area contributed by atoms with Crippen LogP contribution in [0.2, 0.25) is 0 Å². The molecule has 2 aromatic rings. The van der Waals surface area contributed by atoms with Gasteiger partial charge < -0.3 is 14.7 Å². The molecule has 0 amide bonds. The summed E-state index contributed by atoms with van der Waals surface area (Å²) < 4.78 is 5.24. The van der Waals surface area contributed by atoms with Crippen LogP contribution < -0.4 is 4.74 Å². The zero-order valence-electron chi connectivity index (χ0n) is 12.0. The van der Waals surface area contributed by atoms with E-state index in [9.17, 15) is 5.11 Å². The zero-order chi connectivity index (χ0) is 14.5. The van der Waals surface area contributed by atoms with Crippen molar-refractivity contribution in [3.63, 3.8) is 0 Å². The first-order valence-electron chi connectivity index (χ1n) is 6.37. The molecule has 2 rings (SSSR count). The Morgan fingerprint density at radius 3 is 2.65 bits per heavy atom. The Labute approximate surface area is 124 Å². The molecule has 2 aromatic carbocycles. The molecule has 0 heterocycles. The normalized spacial score (nSPS) is 10.8. The fourth-order valence-electron chi connectivity index (χ4n) is 1.90. The van der Waals surface area contributed by atoms with Crippen LogP contribution in [-0.4, -0.2) is 31.2 Å². The number of phenolic OH excluding ortho intramolecular Hbond substituents is 1. The van der Waals surface area contributed by atoms with Gasteiger partial charge in [-0.25, -0.2) is 0 Å². The van der Waals surface area contributed by atoms with Crippen LogP contribution in [0.15, 0.2) is 52.3 Å². The van der Waals surface area contributed by atoms with E-state index < -0.39 is 0 Å². The minimum Gasteiger partial charge on any atom is -0.508 e. The summed E-state index contributed by atoms with van der Waals surface area (Å²) in [5.41, 5.74) is 1.20. The average molecular weight is 289 g/mol. The first kappa shape index (κ1) is 14.8. The van der Waals surface area contributed by atoms with Crippen LogP contribution in [-0.2, 0) is 6.54 Å². The highest BCUT2D eigenvalue weighted by Gasteiger charge is 2.07. The molecule has 0 atom stereocenters. The van der Waals surface area contributed by atoms with Gasteiger partial charge in [-0.15, -0.1) is 0 Å². The van der Waals surface area contributed by atoms with E-state index in [0.717, 1.165) is 22.1 Å². The molecular formula is C16H19NO2S. The van der Waals surface area contributed by atoms with Crippen molar-refractivity contribution >= 4 is 11.8 Å². The van der Waals surface area contributed by atoms with Crippen LogP contribution in [0.1, 0.15) is 5.56 Å². The molecule has 0 bridgehead atoms. The summed E-state index contributed by atoms with van der Waals surface area (Å²) in [6.45, 7) is 0.840. The second kappa shape index (κ2) is 6.68. The number of hydrogen-bond donors (Lipinski definition) is 1. The van der Waals surface area contributed by atoms with Gasteiger partial charge in [-0.05, 0) is 50.0 Å². The SMILES string of the molecule is COc1cccc(Sc2cc(O)ccc2CN(C)C)c1. The van der Waals surface area contributed by atoms with Crippen LogP contribution >= 0.6 is 11.8 Å². The Morgan fingerprint density at radius 1 is 1.15 bits per heavy atom. The van der Waals surface area contributed by atoms with Crippen LogP contribution in [0, 0.1) is 0 Å². The quantitative estimate of drug-likeness (QED) is 0.911. The fraction of sp³-hybridized carbons (Fsp3) is 0.250. The van der Waals surface area contributed by atoms with E-state index in [1.54, 1.807) is 24.9 Å². The van der Waals surface area contributed by atoms with E-state index in [-0.39, 0.29) is 5.75 Å². The average Bonchev–Trinajstić information content (AvgIpc) is 2.42. The number of nitrogens with zero attached hydrogens (tertiary/aromatic N) is 1. The fourth-order valence-corrected chi connectivity index (χ4v) is 2.92. The molecule has 1 N–H and O–H groups in total. The predicted molar refractivity (Wildman–Crippen MR) is 82.6 cm³/mol. The minimum absolute atomic E-state index is 0.290. The number of methoxy groups -OCH3 is 1. The molecule has 0 aliphatic rings. The lowest BCUT2D eigenvalue weighted by Crippen LogP contribution is -2.11. The maximum atomic E-state index is 9.70. The molecule has 0 saturated heterocycles. The lowest BCUT2D eigenvalue weighted by molar-refractivity contribution is 0.398. The topological polar surface area (TPSA) is 32.7 Å². The first-order valence-corrected chi connectivity index (χ1v) is 7.18. The third-order valence-electron chi connectivity index (χ3n) is 2.81. The van der Waals surface area contributed by atoms with Gasteiger partial charge in [-0.3, -0.25) is 0 Å². The van der Waals surface area contributed by atoms with Crippen molar-refractivity contribution in [2.45, 2.75) is 16.3 Å². The summed E-state index contributed by atoms with van der Waals surface area (Å²) in [4.78, 5) is 4.27. The summed E-state index contributed by atoms with van der Waals surface area (Å²) in [5, 5.41) is 9.70. The van der Waals surface area contributed by atoms with Gasteiger partial charge in [0.1, 0.15) is 11.5 Å². The summed E-state index contributed by atoms with van der Waals surface area (Å²) >= 11 is 1.63. The molecule has 0 fully saturated rings. The number of ether oxygens (including phenoxy) is 1. The van der Waals surface area contributed by atoms with E-state index >= 15 is 0 Å². The molecule has 0 aliphatic carbocycles. The summed E-state index contributed by atoms with van der Waals surface area (Å²) in [5.74, 6) is 1.13. The first-order chi connectivity index (χ1) is 9.58. The molecule has 0 spiro atoms. The van der Waals surface area contributed by atoms with Gasteiger partial charge in [0.25, 0.3) is 0 Å². The summed E-state index contributed by atoms with van der Waals surface area (Å²) in [7, 11) is 5.73. The predicted octanol–water partition coefficient (Wildman–Crippen LogP) is 3.61. The maximum Gasteiger partial charge on any atom is 0.119 e. The molecule has 0 saturated carbocycles. The van der Waals surface area contributed by atoms with Crippen LogP contribution in [0.3, 0.4) is 0 Å². The monoisotopic (exact) mass is 289 g/mol. The Morgan fingerprint density at radius 2 is 1.95 bits per heavy atom. The van der Waals surface area contributed by atoms with Crippen molar-refractivity contribution in [2.24, 2.45) is 0 Å². The van der Waals surface area contributed by atoms with Crippen molar-refractivity contribution in [1.29, 1.82) is 0 Å². The standard InChI is InChI=1S/C16H19NO2S/c1-17(2)11-12-7-8-13(18)9-16(12)20-15-6-4-5-14(10-15)19-3/h4-10,18H,11H2,1-3H3. The van der Waals surface area contributed by atoms with E-state index in [0.29, 0.717) is 0 Å². The van der Waals surface area contributed by atoms with Gasteiger partial charge in [0.05, 0.1) is 7.11 Å². The van der Waals surface area contributed by atoms with Crippen LogP contribution in [0.4, 0.5) is 0 Å². The van der Waals surface area contributed by atoms with Crippen LogP contribution in [0.5, 0.6) is 11.5 Å². The van der Waals surface area contributed by atoms with Gasteiger partial charge >= 0.3 is 0 Å². The third-order valence-corrected chi connectivity index (χ3v) is 3.90.